The van der Waals surface area contributed by atoms with Crippen molar-refractivity contribution in [3.8, 4) is 16.9 Å². The van der Waals surface area contributed by atoms with E-state index in [0.29, 0.717) is 24.3 Å². The molecule has 4 nitrogen and oxygen atoms in total. The number of hydrogen-bond acceptors (Lipinski definition) is 4. The molecule has 2 rings (SSSR count). The van der Waals surface area contributed by atoms with Crippen molar-refractivity contribution in [2.75, 3.05) is 12.3 Å². The summed E-state index contributed by atoms with van der Waals surface area (Å²) in [5, 5.41) is 3.92. The topological polar surface area (TPSA) is 61.3 Å². The van der Waals surface area contributed by atoms with Crippen LogP contribution in [0.1, 0.15) is 45.8 Å². The largest absolute Gasteiger partial charge is 0.493 e. The number of nitrogen functional groups attached to an aromatic ring is 1. The van der Waals surface area contributed by atoms with Gasteiger partial charge in [-0.1, -0.05) is 45.0 Å². The Bertz CT molecular complexity index is 573. The fraction of sp³-hybridized carbons (Fsp3) is 0.471. The molecular weight excluding hydrogens is 264 g/mol. The second kappa shape index (κ2) is 6.66. The van der Waals surface area contributed by atoms with E-state index in [1.807, 2.05) is 24.3 Å². The van der Waals surface area contributed by atoms with Crippen molar-refractivity contribution < 1.29 is 9.26 Å². The number of nitrogens with two attached hydrogens (primary N) is 1. The van der Waals surface area contributed by atoms with Crippen LogP contribution in [0.25, 0.3) is 11.1 Å². The minimum absolute atomic E-state index is 0.293. The number of hydrogen-bond donors (Lipinski definition) is 1. The van der Waals surface area contributed by atoms with Crippen LogP contribution in [0.2, 0.25) is 0 Å². The highest BCUT2D eigenvalue weighted by molar-refractivity contribution is 5.76. The first kappa shape index (κ1) is 15.4. The summed E-state index contributed by atoms with van der Waals surface area (Å²) in [6, 6.07) is 7.93. The molecule has 0 aliphatic carbocycles. The van der Waals surface area contributed by atoms with Crippen LogP contribution in [-0.2, 0) is 0 Å². The number of rotatable bonds is 6. The Kier molecular flexibility index (Phi) is 4.89. The number of aromatic nitrogens is 1. The second-order valence-electron chi connectivity index (χ2n) is 5.85. The van der Waals surface area contributed by atoms with Crippen molar-refractivity contribution in [2.24, 2.45) is 5.92 Å². The summed E-state index contributed by atoms with van der Waals surface area (Å²) in [4.78, 5) is 0. The molecule has 0 saturated heterocycles. The Hall–Kier alpha value is -1.97. The van der Waals surface area contributed by atoms with Gasteiger partial charge in [0.25, 0.3) is 0 Å². The van der Waals surface area contributed by atoms with E-state index in [1.165, 1.54) is 0 Å². The van der Waals surface area contributed by atoms with E-state index in [-0.39, 0.29) is 0 Å². The molecule has 0 aliphatic rings. The molecule has 1 unspecified atom stereocenters. The molecule has 114 valence electrons. The Balaban J connectivity index is 2.24. The maximum atomic E-state index is 5.97. The molecule has 4 heteroatoms. The zero-order valence-electron chi connectivity index (χ0n) is 13.2. The third kappa shape index (κ3) is 3.57. The van der Waals surface area contributed by atoms with Gasteiger partial charge in [0.1, 0.15) is 11.5 Å². The van der Waals surface area contributed by atoms with Crippen LogP contribution in [0.15, 0.2) is 28.8 Å². The average molecular weight is 288 g/mol. The van der Waals surface area contributed by atoms with Gasteiger partial charge in [0.15, 0.2) is 5.82 Å². The lowest BCUT2D eigenvalue weighted by atomic mass is 9.97. The lowest BCUT2D eigenvalue weighted by Crippen LogP contribution is -2.04. The summed E-state index contributed by atoms with van der Waals surface area (Å²) in [6.07, 6.45) is 0.983. The molecule has 2 aromatic rings. The minimum Gasteiger partial charge on any atom is -0.493 e. The first-order valence-electron chi connectivity index (χ1n) is 7.51. The van der Waals surface area contributed by atoms with E-state index < -0.39 is 0 Å². The van der Waals surface area contributed by atoms with Gasteiger partial charge in [0.2, 0.25) is 0 Å². The second-order valence-corrected chi connectivity index (χ2v) is 5.85. The maximum Gasteiger partial charge on any atom is 0.175 e. The summed E-state index contributed by atoms with van der Waals surface area (Å²) >= 11 is 0. The van der Waals surface area contributed by atoms with Gasteiger partial charge in [-0.05, 0) is 30.0 Å². The maximum absolute atomic E-state index is 5.97. The molecule has 0 saturated carbocycles. The highest BCUT2D eigenvalue weighted by Crippen LogP contribution is 2.35. The highest BCUT2D eigenvalue weighted by atomic mass is 16.5. The van der Waals surface area contributed by atoms with E-state index in [2.05, 4.69) is 32.9 Å². The Morgan fingerprint density at radius 3 is 2.43 bits per heavy atom. The van der Waals surface area contributed by atoms with Gasteiger partial charge in [-0.2, -0.15) is 0 Å². The van der Waals surface area contributed by atoms with Crippen LogP contribution < -0.4 is 10.5 Å². The van der Waals surface area contributed by atoms with Crippen LogP contribution in [0, 0.1) is 5.92 Å². The molecule has 1 aromatic heterocycles. The smallest absolute Gasteiger partial charge is 0.175 e. The van der Waals surface area contributed by atoms with E-state index in [1.54, 1.807) is 0 Å². The standard InChI is InChI=1S/C17H24N2O2/c1-5-12(4)16-15(17(18)19-21-16)13-6-8-14(9-7-13)20-10-11(2)3/h6-9,11-12H,5,10H2,1-4H3,(H2,18,19). The zero-order chi connectivity index (χ0) is 15.4. The van der Waals surface area contributed by atoms with E-state index >= 15 is 0 Å². The molecule has 1 heterocycles. The molecule has 0 bridgehead atoms. The van der Waals surface area contributed by atoms with Gasteiger partial charge < -0.3 is 15.0 Å². The van der Waals surface area contributed by atoms with Crippen LogP contribution in [0.5, 0.6) is 5.75 Å². The molecule has 1 atom stereocenters. The molecule has 1 aromatic carbocycles. The van der Waals surface area contributed by atoms with Crippen LogP contribution in [0.4, 0.5) is 5.82 Å². The van der Waals surface area contributed by atoms with Crippen LogP contribution >= 0.6 is 0 Å². The van der Waals surface area contributed by atoms with E-state index in [4.69, 9.17) is 15.0 Å². The number of benzene rings is 1. The van der Waals surface area contributed by atoms with Crippen molar-refractivity contribution >= 4 is 5.82 Å². The molecule has 0 aliphatic heterocycles. The van der Waals surface area contributed by atoms with Gasteiger partial charge in [-0.3, -0.25) is 0 Å². The predicted molar refractivity (Wildman–Crippen MR) is 85.4 cm³/mol. The SMILES string of the molecule is CCC(C)c1onc(N)c1-c1ccc(OCC(C)C)cc1. The fourth-order valence-corrected chi connectivity index (χ4v) is 2.11. The molecule has 0 spiro atoms. The third-order valence-corrected chi connectivity index (χ3v) is 3.53. The predicted octanol–water partition coefficient (Wildman–Crippen LogP) is 4.47. The van der Waals surface area contributed by atoms with Crippen molar-refractivity contribution in [3.63, 3.8) is 0 Å². The number of ether oxygens (including phenoxy) is 1. The van der Waals surface area contributed by atoms with E-state index in [9.17, 15) is 0 Å². The molecule has 0 fully saturated rings. The zero-order valence-corrected chi connectivity index (χ0v) is 13.2. The van der Waals surface area contributed by atoms with Crippen molar-refractivity contribution in [3.05, 3.63) is 30.0 Å². The highest BCUT2D eigenvalue weighted by Gasteiger charge is 2.20. The van der Waals surface area contributed by atoms with Crippen molar-refractivity contribution in [2.45, 2.75) is 40.0 Å². The summed E-state index contributed by atoms with van der Waals surface area (Å²) in [5.74, 6) is 2.97. The lowest BCUT2D eigenvalue weighted by Gasteiger charge is -2.10. The Morgan fingerprint density at radius 2 is 1.86 bits per heavy atom. The number of nitrogens with zero attached hydrogens (tertiary/aromatic N) is 1. The Labute approximate surface area is 126 Å². The van der Waals surface area contributed by atoms with Crippen LogP contribution in [-0.4, -0.2) is 11.8 Å². The Morgan fingerprint density at radius 1 is 1.19 bits per heavy atom. The fourth-order valence-electron chi connectivity index (χ4n) is 2.11. The molecule has 0 radical (unpaired) electrons. The normalized spacial score (nSPS) is 12.6. The first-order valence-corrected chi connectivity index (χ1v) is 7.51. The van der Waals surface area contributed by atoms with E-state index in [0.717, 1.165) is 29.1 Å². The van der Waals surface area contributed by atoms with Gasteiger partial charge in [0.05, 0.1) is 12.2 Å². The van der Waals surface area contributed by atoms with Gasteiger partial charge >= 0.3 is 0 Å². The monoisotopic (exact) mass is 288 g/mol. The number of anilines is 1. The van der Waals surface area contributed by atoms with Crippen molar-refractivity contribution in [1.82, 2.24) is 5.16 Å². The summed E-state index contributed by atoms with van der Waals surface area (Å²) < 4.78 is 11.1. The van der Waals surface area contributed by atoms with Crippen molar-refractivity contribution in [1.29, 1.82) is 0 Å². The quantitative estimate of drug-likeness (QED) is 0.851. The average Bonchev–Trinajstić information content (AvgIpc) is 2.86. The lowest BCUT2D eigenvalue weighted by molar-refractivity contribution is 0.271. The summed E-state index contributed by atoms with van der Waals surface area (Å²) in [6.45, 7) is 9.21. The molecule has 0 amide bonds. The summed E-state index contributed by atoms with van der Waals surface area (Å²) in [5.41, 5.74) is 7.88. The molecular formula is C17H24N2O2. The first-order chi connectivity index (χ1) is 10.0. The van der Waals surface area contributed by atoms with Crippen LogP contribution in [0.3, 0.4) is 0 Å². The van der Waals surface area contributed by atoms with Gasteiger partial charge in [0, 0.05) is 5.92 Å². The third-order valence-electron chi connectivity index (χ3n) is 3.53. The molecule has 2 N–H and O–H groups in total. The minimum atomic E-state index is 0.293. The van der Waals surface area contributed by atoms with Gasteiger partial charge in [-0.15, -0.1) is 0 Å². The van der Waals surface area contributed by atoms with Gasteiger partial charge in [-0.25, -0.2) is 0 Å². The summed E-state index contributed by atoms with van der Waals surface area (Å²) in [7, 11) is 0. The molecule has 21 heavy (non-hydrogen) atoms.